The molecule has 0 saturated heterocycles. The van der Waals surface area contributed by atoms with Crippen molar-refractivity contribution in [2.75, 3.05) is 0 Å². The summed E-state index contributed by atoms with van der Waals surface area (Å²) in [5.74, 6) is -2.05. The number of sulfonamides is 1. The second-order valence-electron chi connectivity index (χ2n) is 4.33. The summed E-state index contributed by atoms with van der Waals surface area (Å²) in [6, 6.07) is 4.57. The molecule has 7 nitrogen and oxygen atoms in total. The first-order chi connectivity index (χ1) is 9.22. The van der Waals surface area contributed by atoms with Crippen LogP contribution in [0.1, 0.15) is 18.4 Å². The molecular formula is C12H16N2O5S. The Morgan fingerprint density at radius 3 is 2.30 bits per heavy atom. The fourth-order valence-electron chi connectivity index (χ4n) is 1.49. The third-order valence-corrected chi connectivity index (χ3v) is 4.09. The minimum absolute atomic E-state index is 0.0339. The van der Waals surface area contributed by atoms with Crippen LogP contribution >= 0.6 is 0 Å². The largest absolute Gasteiger partial charge is 0.480 e. The Hall–Kier alpha value is -1.93. The summed E-state index contributed by atoms with van der Waals surface area (Å²) >= 11 is 0. The molecule has 110 valence electrons. The van der Waals surface area contributed by atoms with Gasteiger partial charge in [-0.15, -0.1) is 0 Å². The maximum absolute atomic E-state index is 12.0. The van der Waals surface area contributed by atoms with Crippen LogP contribution in [-0.4, -0.2) is 31.4 Å². The monoisotopic (exact) mass is 300 g/mol. The number of carboxylic acid groups (broad SMARTS) is 1. The third kappa shape index (κ3) is 4.63. The number of primary amides is 1. The Morgan fingerprint density at radius 2 is 1.85 bits per heavy atom. The molecule has 1 aromatic carbocycles. The lowest BCUT2D eigenvalue weighted by Gasteiger charge is -2.14. The highest BCUT2D eigenvalue weighted by Gasteiger charge is 2.25. The molecule has 0 aliphatic heterocycles. The van der Waals surface area contributed by atoms with Gasteiger partial charge in [-0.05, 0) is 25.5 Å². The molecule has 0 unspecified atom stereocenters. The molecule has 0 aliphatic rings. The topological polar surface area (TPSA) is 127 Å². The van der Waals surface area contributed by atoms with Gasteiger partial charge >= 0.3 is 5.97 Å². The second kappa shape index (κ2) is 6.49. The van der Waals surface area contributed by atoms with Gasteiger partial charge < -0.3 is 10.8 Å². The average Bonchev–Trinajstić information content (AvgIpc) is 2.34. The van der Waals surface area contributed by atoms with E-state index >= 15 is 0 Å². The van der Waals surface area contributed by atoms with Crippen molar-refractivity contribution in [2.45, 2.75) is 30.7 Å². The molecule has 0 radical (unpaired) electrons. The number of amides is 1. The highest BCUT2D eigenvalue weighted by atomic mass is 32.2. The van der Waals surface area contributed by atoms with Crippen molar-refractivity contribution in [3.05, 3.63) is 29.8 Å². The average molecular weight is 300 g/mol. The quantitative estimate of drug-likeness (QED) is 0.653. The number of carboxylic acids is 1. The van der Waals surface area contributed by atoms with E-state index < -0.39 is 27.9 Å². The molecule has 1 atom stereocenters. The number of hydrogen-bond acceptors (Lipinski definition) is 4. The van der Waals surface area contributed by atoms with E-state index in [1.165, 1.54) is 12.1 Å². The Kier molecular flexibility index (Phi) is 5.23. The molecule has 1 aromatic rings. The number of benzene rings is 1. The Labute approximate surface area is 116 Å². The molecule has 1 amide bonds. The van der Waals surface area contributed by atoms with Gasteiger partial charge in [-0.25, -0.2) is 8.42 Å². The first-order valence-corrected chi connectivity index (χ1v) is 7.31. The predicted octanol–water partition coefficient (Wildman–Crippen LogP) is -0.00798. The number of nitrogens with two attached hydrogens (primary N) is 1. The van der Waals surface area contributed by atoms with Gasteiger partial charge in [-0.3, -0.25) is 9.59 Å². The summed E-state index contributed by atoms with van der Waals surface area (Å²) in [5.41, 5.74) is 5.81. The van der Waals surface area contributed by atoms with E-state index in [1.54, 1.807) is 19.1 Å². The fourth-order valence-corrected chi connectivity index (χ4v) is 2.72. The number of hydrogen-bond donors (Lipinski definition) is 3. The number of carbonyl (C=O) groups is 2. The van der Waals surface area contributed by atoms with E-state index in [4.69, 9.17) is 10.8 Å². The molecule has 0 heterocycles. The summed E-state index contributed by atoms with van der Waals surface area (Å²) in [6.45, 7) is 1.80. The van der Waals surface area contributed by atoms with Crippen molar-refractivity contribution >= 4 is 21.9 Å². The summed E-state index contributed by atoms with van der Waals surface area (Å²) in [4.78, 5) is 21.6. The predicted molar refractivity (Wildman–Crippen MR) is 71.4 cm³/mol. The molecule has 8 heteroatoms. The van der Waals surface area contributed by atoms with Crippen LogP contribution in [0.25, 0.3) is 0 Å². The number of rotatable bonds is 7. The molecule has 0 aromatic heterocycles. The highest BCUT2D eigenvalue weighted by Crippen LogP contribution is 2.11. The lowest BCUT2D eigenvalue weighted by molar-refractivity contribution is -0.139. The smallest absolute Gasteiger partial charge is 0.321 e. The van der Waals surface area contributed by atoms with Crippen molar-refractivity contribution in [3.63, 3.8) is 0 Å². The first-order valence-electron chi connectivity index (χ1n) is 5.82. The van der Waals surface area contributed by atoms with E-state index in [9.17, 15) is 18.0 Å². The van der Waals surface area contributed by atoms with E-state index in [0.717, 1.165) is 5.56 Å². The van der Waals surface area contributed by atoms with Crippen LogP contribution < -0.4 is 10.5 Å². The van der Waals surface area contributed by atoms with E-state index in [0.29, 0.717) is 0 Å². The Balaban J connectivity index is 2.88. The van der Waals surface area contributed by atoms with Crippen LogP contribution in [0.5, 0.6) is 0 Å². The van der Waals surface area contributed by atoms with Crippen LogP contribution in [0.3, 0.4) is 0 Å². The number of aryl methyl sites for hydroxylation is 1. The van der Waals surface area contributed by atoms with Crippen LogP contribution in [0.2, 0.25) is 0 Å². The van der Waals surface area contributed by atoms with Crippen molar-refractivity contribution in [1.29, 1.82) is 0 Å². The van der Waals surface area contributed by atoms with Crippen molar-refractivity contribution in [1.82, 2.24) is 4.72 Å². The van der Waals surface area contributed by atoms with Crippen molar-refractivity contribution in [2.24, 2.45) is 5.73 Å². The fraction of sp³-hybridized carbons (Fsp3) is 0.333. The molecule has 0 aliphatic carbocycles. The molecule has 20 heavy (non-hydrogen) atoms. The molecule has 0 spiro atoms. The molecule has 0 bridgehead atoms. The van der Waals surface area contributed by atoms with Gasteiger partial charge in [0.15, 0.2) is 0 Å². The van der Waals surface area contributed by atoms with Crippen molar-refractivity contribution < 1.29 is 23.1 Å². The van der Waals surface area contributed by atoms with Gasteiger partial charge in [-0.1, -0.05) is 17.7 Å². The Bertz CT molecular complexity index is 595. The van der Waals surface area contributed by atoms with E-state index in [-0.39, 0.29) is 17.7 Å². The normalized spacial score (nSPS) is 12.8. The molecule has 1 rings (SSSR count). The van der Waals surface area contributed by atoms with Gasteiger partial charge in [0.25, 0.3) is 0 Å². The zero-order valence-electron chi connectivity index (χ0n) is 10.9. The van der Waals surface area contributed by atoms with E-state index in [2.05, 4.69) is 0 Å². The first kappa shape index (κ1) is 16.1. The summed E-state index contributed by atoms with van der Waals surface area (Å²) in [5, 5.41) is 8.96. The maximum Gasteiger partial charge on any atom is 0.321 e. The van der Waals surface area contributed by atoms with E-state index in [1.807, 2.05) is 4.72 Å². The third-order valence-electron chi connectivity index (χ3n) is 2.61. The highest BCUT2D eigenvalue weighted by molar-refractivity contribution is 7.89. The second-order valence-corrected chi connectivity index (χ2v) is 6.04. The SMILES string of the molecule is Cc1ccc(S(=O)(=O)N[C@H](CCC(N)=O)C(=O)O)cc1. The van der Waals surface area contributed by atoms with Gasteiger partial charge in [0.2, 0.25) is 15.9 Å². The van der Waals surface area contributed by atoms with Crippen LogP contribution in [0.4, 0.5) is 0 Å². The number of nitrogens with one attached hydrogen (secondary N) is 1. The molecular weight excluding hydrogens is 284 g/mol. The zero-order valence-corrected chi connectivity index (χ0v) is 11.7. The van der Waals surface area contributed by atoms with Crippen molar-refractivity contribution in [3.8, 4) is 0 Å². The van der Waals surface area contributed by atoms with Gasteiger partial charge in [0, 0.05) is 6.42 Å². The zero-order chi connectivity index (χ0) is 15.3. The van der Waals surface area contributed by atoms with Crippen LogP contribution in [0.15, 0.2) is 29.2 Å². The molecule has 0 fully saturated rings. The summed E-state index contributed by atoms with van der Waals surface area (Å²) < 4.78 is 26.1. The molecule has 4 N–H and O–H groups in total. The maximum atomic E-state index is 12.0. The number of aliphatic carboxylic acids is 1. The Morgan fingerprint density at radius 1 is 1.30 bits per heavy atom. The minimum atomic E-state index is -3.95. The van der Waals surface area contributed by atoms with Crippen LogP contribution in [0, 0.1) is 6.92 Å². The lowest BCUT2D eigenvalue weighted by Crippen LogP contribution is -2.41. The lowest BCUT2D eigenvalue weighted by atomic mass is 10.2. The van der Waals surface area contributed by atoms with Gasteiger partial charge in [0.05, 0.1) is 4.90 Å². The van der Waals surface area contributed by atoms with Gasteiger partial charge in [-0.2, -0.15) is 4.72 Å². The van der Waals surface area contributed by atoms with Gasteiger partial charge in [0.1, 0.15) is 6.04 Å². The molecule has 0 saturated carbocycles. The minimum Gasteiger partial charge on any atom is -0.480 e. The summed E-state index contributed by atoms with van der Waals surface area (Å²) in [6.07, 6.45) is -0.414. The van der Waals surface area contributed by atoms with Crippen LogP contribution in [-0.2, 0) is 19.6 Å². The summed E-state index contributed by atoms with van der Waals surface area (Å²) in [7, 11) is -3.95. The number of carbonyl (C=O) groups excluding carboxylic acids is 1. The standard InChI is InChI=1S/C12H16N2O5S/c1-8-2-4-9(5-3-8)20(18,19)14-10(12(16)17)6-7-11(13)15/h2-5,10,14H,6-7H2,1H3,(H2,13,15)(H,16,17)/t10-/m1/s1.